The molecule has 34 heavy (non-hydrogen) atoms. The standard InChI is InChI=1S/C27H30N2O5/c30-24(31)23-13-3-1-2-8-16-29(23)25(32)27(14-15-27)28-26(33)34-17-22-20-11-6-4-9-18(20)19-10-5-7-12-21(19)22/h4-7,9-12,22-23H,1-3,8,13-17H2,(H,28,33)(H,30,31). The highest BCUT2D eigenvalue weighted by Gasteiger charge is 2.55. The molecule has 0 radical (unpaired) electrons. The van der Waals surface area contributed by atoms with Gasteiger partial charge in [-0.2, -0.15) is 0 Å². The lowest BCUT2D eigenvalue weighted by Crippen LogP contribution is -2.56. The van der Waals surface area contributed by atoms with Gasteiger partial charge in [0, 0.05) is 12.5 Å². The fraction of sp³-hybridized carbons (Fsp3) is 0.444. The van der Waals surface area contributed by atoms with Crippen molar-refractivity contribution in [3.8, 4) is 11.1 Å². The lowest BCUT2D eigenvalue weighted by molar-refractivity contribution is -0.152. The first-order valence-electron chi connectivity index (χ1n) is 12.2. The van der Waals surface area contributed by atoms with Crippen LogP contribution in [0.1, 0.15) is 62.0 Å². The first kappa shape index (κ1) is 22.4. The average Bonchev–Trinajstić information content (AvgIpc) is 3.52. The molecule has 2 aromatic rings. The maximum absolute atomic E-state index is 13.4. The molecule has 1 heterocycles. The number of carbonyl (C=O) groups excluding carboxylic acids is 2. The van der Waals surface area contributed by atoms with Crippen LogP contribution in [0, 0.1) is 0 Å². The number of aliphatic carboxylic acids is 1. The van der Waals surface area contributed by atoms with E-state index >= 15 is 0 Å². The van der Waals surface area contributed by atoms with Gasteiger partial charge in [-0.25, -0.2) is 9.59 Å². The minimum atomic E-state index is -1.05. The summed E-state index contributed by atoms with van der Waals surface area (Å²) in [5.74, 6) is -1.34. The summed E-state index contributed by atoms with van der Waals surface area (Å²) in [6.07, 6.45) is 4.33. The van der Waals surface area contributed by atoms with E-state index in [0.29, 0.717) is 25.8 Å². The molecule has 0 aromatic heterocycles. The highest BCUT2D eigenvalue weighted by atomic mass is 16.5. The molecule has 7 heteroatoms. The van der Waals surface area contributed by atoms with Gasteiger partial charge in [-0.15, -0.1) is 0 Å². The molecule has 2 fully saturated rings. The van der Waals surface area contributed by atoms with Crippen molar-refractivity contribution >= 4 is 18.0 Å². The number of nitrogens with one attached hydrogen (secondary N) is 1. The Bertz CT molecular complexity index is 1060. The molecule has 1 atom stereocenters. The summed E-state index contributed by atoms with van der Waals surface area (Å²) in [7, 11) is 0. The molecule has 3 aliphatic rings. The van der Waals surface area contributed by atoms with Crippen molar-refractivity contribution in [3.63, 3.8) is 0 Å². The number of carboxylic acids is 1. The van der Waals surface area contributed by atoms with E-state index in [1.54, 1.807) is 0 Å². The topological polar surface area (TPSA) is 95.9 Å². The summed E-state index contributed by atoms with van der Waals surface area (Å²) in [5.41, 5.74) is 3.50. The quantitative estimate of drug-likeness (QED) is 0.691. The number of likely N-dealkylation sites (tertiary alicyclic amines) is 1. The van der Waals surface area contributed by atoms with Gasteiger partial charge in [-0.3, -0.25) is 4.79 Å². The lowest BCUT2D eigenvalue weighted by Gasteiger charge is -2.34. The van der Waals surface area contributed by atoms with Crippen LogP contribution in [0.4, 0.5) is 4.79 Å². The third kappa shape index (κ3) is 4.15. The smallest absolute Gasteiger partial charge is 0.408 e. The molecular weight excluding hydrogens is 432 g/mol. The third-order valence-corrected chi connectivity index (χ3v) is 7.39. The van der Waals surface area contributed by atoms with Gasteiger partial charge in [-0.05, 0) is 47.9 Å². The van der Waals surface area contributed by atoms with E-state index in [-0.39, 0.29) is 18.4 Å². The molecule has 2 aromatic carbocycles. The highest BCUT2D eigenvalue weighted by Crippen LogP contribution is 2.44. The molecule has 1 unspecified atom stereocenters. The molecule has 2 aliphatic carbocycles. The highest BCUT2D eigenvalue weighted by molar-refractivity contribution is 5.95. The summed E-state index contributed by atoms with van der Waals surface area (Å²) in [5, 5.41) is 12.5. The van der Waals surface area contributed by atoms with Gasteiger partial charge < -0.3 is 20.1 Å². The molecular formula is C27H30N2O5. The molecule has 1 aliphatic heterocycles. The second kappa shape index (κ2) is 9.12. The second-order valence-corrected chi connectivity index (χ2v) is 9.59. The monoisotopic (exact) mass is 462 g/mol. The normalized spacial score (nSPS) is 20.9. The summed E-state index contributed by atoms with van der Waals surface area (Å²) < 4.78 is 5.63. The number of hydrogen-bond acceptors (Lipinski definition) is 4. The van der Waals surface area contributed by atoms with Crippen molar-refractivity contribution in [1.82, 2.24) is 10.2 Å². The number of benzene rings is 2. The van der Waals surface area contributed by atoms with Crippen molar-refractivity contribution in [2.24, 2.45) is 0 Å². The van der Waals surface area contributed by atoms with Crippen LogP contribution >= 0.6 is 0 Å². The minimum Gasteiger partial charge on any atom is -0.480 e. The van der Waals surface area contributed by atoms with E-state index in [1.807, 2.05) is 24.3 Å². The van der Waals surface area contributed by atoms with E-state index in [2.05, 4.69) is 29.6 Å². The summed E-state index contributed by atoms with van der Waals surface area (Å²) in [6.45, 7) is 0.579. The van der Waals surface area contributed by atoms with Crippen molar-refractivity contribution in [2.75, 3.05) is 13.2 Å². The average molecular weight is 463 g/mol. The van der Waals surface area contributed by atoms with Crippen LogP contribution < -0.4 is 5.32 Å². The number of rotatable bonds is 5. The molecule has 178 valence electrons. The van der Waals surface area contributed by atoms with Gasteiger partial charge in [0.05, 0.1) is 0 Å². The fourth-order valence-electron chi connectivity index (χ4n) is 5.41. The van der Waals surface area contributed by atoms with Gasteiger partial charge in [0.1, 0.15) is 18.2 Å². The summed E-state index contributed by atoms with van der Waals surface area (Å²) in [4.78, 5) is 39.5. The van der Waals surface area contributed by atoms with Gasteiger partial charge in [-0.1, -0.05) is 67.8 Å². The lowest BCUT2D eigenvalue weighted by atomic mass is 9.98. The van der Waals surface area contributed by atoms with E-state index in [4.69, 9.17) is 4.74 Å². The molecule has 5 rings (SSSR count). The van der Waals surface area contributed by atoms with Crippen molar-refractivity contribution in [2.45, 2.75) is 62.4 Å². The number of fused-ring (bicyclic) bond motifs is 3. The van der Waals surface area contributed by atoms with Gasteiger partial charge in [0.2, 0.25) is 5.91 Å². The maximum Gasteiger partial charge on any atom is 0.408 e. The number of nitrogens with zero attached hydrogens (tertiary/aromatic N) is 1. The van der Waals surface area contributed by atoms with Crippen molar-refractivity contribution < 1.29 is 24.2 Å². The van der Waals surface area contributed by atoms with E-state index in [9.17, 15) is 19.5 Å². The Morgan fingerprint density at radius 2 is 1.56 bits per heavy atom. The number of amides is 2. The molecule has 1 saturated carbocycles. The van der Waals surface area contributed by atoms with Gasteiger partial charge in [0.25, 0.3) is 0 Å². The Labute approximate surface area is 199 Å². The Kier molecular flexibility index (Phi) is 6.02. The number of carboxylic acid groups (broad SMARTS) is 1. The minimum absolute atomic E-state index is 0.0604. The second-order valence-electron chi connectivity index (χ2n) is 9.59. The number of alkyl carbamates (subject to hydrolysis) is 1. The molecule has 0 spiro atoms. The largest absolute Gasteiger partial charge is 0.480 e. The Balaban J connectivity index is 1.26. The zero-order chi connectivity index (χ0) is 23.7. The molecule has 0 bridgehead atoms. The van der Waals surface area contributed by atoms with Gasteiger partial charge in [0.15, 0.2) is 0 Å². The Morgan fingerprint density at radius 3 is 2.18 bits per heavy atom. The third-order valence-electron chi connectivity index (χ3n) is 7.39. The Hall–Kier alpha value is -3.35. The summed E-state index contributed by atoms with van der Waals surface area (Å²) in [6, 6.07) is 15.4. The molecule has 1 saturated heterocycles. The predicted molar refractivity (Wildman–Crippen MR) is 126 cm³/mol. The van der Waals surface area contributed by atoms with Crippen LogP contribution in [-0.4, -0.2) is 52.7 Å². The van der Waals surface area contributed by atoms with Crippen LogP contribution in [0.25, 0.3) is 11.1 Å². The van der Waals surface area contributed by atoms with Crippen molar-refractivity contribution in [3.05, 3.63) is 59.7 Å². The molecule has 2 N–H and O–H groups in total. The summed E-state index contributed by atoms with van der Waals surface area (Å²) >= 11 is 0. The van der Waals surface area contributed by atoms with Crippen LogP contribution in [0.15, 0.2) is 48.5 Å². The Morgan fingerprint density at radius 1 is 0.941 bits per heavy atom. The predicted octanol–water partition coefficient (Wildman–Crippen LogP) is 4.30. The fourth-order valence-corrected chi connectivity index (χ4v) is 5.41. The van der Waals surface area contributed by atoms with E-state index < -0.39 is 23.6 Å². The zero-order valence-electron chi connectivity index (χ0n) is 19.2. The van der Waals surface area contributed by atoms with Gasteiger partial charge >= 0.3 is 12.1 Å². The number of hydrogen-bond donors (Lipinski definition) is 2. The zero-order valence-corrected chi connectivity index (χ0v) is 19.2. The number of carbonyl (C=O) groups is 3. The van der Waals surface area contributed by atoms with Crippen molar-refractivity contribution in [1.29, 1.82) is 0 Å². The number of ether oxygens (including phenoxy) is 1. The molecule has 7 nitrogen and oxygen atoms in total. The van der Waals surface area contributed by atoms with E-state index in [0.717, 1.165) is 47.9 Å². The van der Waals surface area contributed by atoms with Crippen LogP contribution in [-0.2, 0) is 14.3 Å². The van der Waals surface area contributed by atoms with Crippen LogP contribution in [0.3, 0.4) is 0 Å². The first-order chi connectivity index (χ1) is 16.5. The first-order valence-corrected chi connectivity index (χ1v) is 12.2. The molecule has 2 amide bonds. The maximum atomic E-state index is 13.4. The van der Waals surface area contributed by atoms with Crippen LogP contribution in [0.5, 0.6) is 0 Å². The van der Waals surface area contributed by atoms with Crippen LogP contribution in [0.2, 0.25) is 0 Å². The SMILES string of the molecule is O=C(NC1(C(=O)N2CCCCCCC2C(=O)O)CC1)OCC1c2ccccc2-c2ccccc21. The van der Waals surface area contributed by atoms with E-state index in [1.165, 1.54) is 4.90 Å².